The quantitative estimate of drug-likeness (QED) is 0.280. The molecule has 0 fully saturated rings. The third-order valence-corrected chi connectivity index (χ3v) is 1.03. The molecule has 0 saturated heterocycles. The average molecular weight is 144 g/mol. The highest BCUT2D eigenvalue weighted by atomic mass is 15.3. The van der Waals surface area contributed by atoms with Crippen LogP contribution in [0.1, 0.15) is 0 Å². The number of guanidine groups is 1. The summed E-state index contributed by atoms with van der Waals surface area (Å²) in [4.78, 5) is 0. The molecule has 0 aliphatic carbocycles. The van der Waals surface area contributed by atoms with E-state index >= 15 is 0 Å². The van der Waals surface area contributed by atoms with E-state index in [1.165, 1.54) is 0 Å². The Bertz CT molecular complexity index is 113. The average Bonchev–Trinajstić information content (AvgIpc) is 1.59. The van der Waals surface area contributed by atoms with Crippen molar-refractivity contribution in [2.24, 2.45) is 5.73 Å². The normalized spacial score (nSPS) is 11.1. The highest BCUT2D eigenvalue weighted by Crippen LogP contribution is 1.88. The van der Waals surface area contributed by atoms with Crippen molar-refractivity contribution < 1.29 is 4.48 Å². The van der Waals surface area contributed by atoms with Crippen LogP contribution < -0.4 is 11.1 Å². The summed E-state index contributed by atoms with van der Waals surface area (Å²) in [6.45, 7) is 1.56. The maximum Gasteiger partial charge on any atom is 0.185 e. The Morgan fingerprint density at radius 3 is 2.50 bits per heavy atom. The third-order valence-electron chi connectivity index (χ3n) is 1.03. The van der Waals surface area contributed by atoms with Gasteiger partial charge in [-0.1, -0.05) is 0 Å². The van der Waals surface area contributed by atoms with Crippen LogP contribution in [0.3, 0.4) is 0 Å². The van der Waals surface area contributed by atoms with E-state index in [0.717, 1.165) is 6.54 Å². The molecule has 10 heavy (non-hydrogen) atoms. The minimum atomic E-state index is 0.0217. The molecule has 59 valence electrons. The van der Waals surface area contributed by atoms with Crippen LogP contribution >= 0.6 is 0 Å². The van der Waals surface area contributed by atoms with Gasteiger partial charge in [0.15, 0.2) is 5.96 Å². The highest BCUT2D eigenvalue weighted by Gasteiger charge is 2.05. The molecule has 0 rings (SSSR count). The van der Waals surface area contributed by atoms with Gasteiger partial charge in [-0.2, -0.15) is 0 Å². The predicted octanol–water partition coefficient (Wildman–Crippen LogP) is -0.663. The van der Waals surface area contributed by atoms with Crippen molar-refractivity contribution >= 4 is 5.96 Å². The van der Waals surface area contributed by atoms with Gasteiger partial charge in [0.1, 0.15) is 7.05 Å². The largest absolute Gasteiger partial charge is 0.370 e. The molecule has 0 aliphatic heterocycles. The summed E-state index contributed by atoms with van der Waals surface area (Å²) in [6.07, 6.45) is 0. The first kappa shape index (κ1) is 9.23. The molecule has 4 nitrogen and oxygen atoms in total. The minimum Gasteiger partial charge on any atom is -0.370 e. The molecule has 0 amide bonds. The molecular weight excluding hydrogens is 128 g/mol. The Labute approximate surface area is 62.1 Å². The van der Waals surface area contributed by atoms with E-state index in [2.05, 4.69) is 12.4 Å². The van der Waals surface area contributed by atoms with Crippen molar-refractivity contribution in [2.75, 3.05) is 27.2 Å². The van der Waals surface area contributed by atoms with Crippen molar-refractivity contribution in [2.45, 2.75) is 0 Å². The molecule has 0 saturated carbocycles. The number of nitrogens with one attached hydrogen (secondary N) is 2. The minimum absolute atomic E-state index is 0.0217. The van der Waals surface area contributed by atoms with Gasteiger partial charge in [0.05, 0.1) is 27.2 Å². The van der Waals surface area contributed by atoms with Crippen LogP contribution in [0.4, 0.5) is 0 Å². The number of likely N-dealkylation sites (N-methyl/N-ethyl adjacent to an activating group) is 1. The molecule has 0 bridgehead atoms. The lowest BCUT2D eigenvalue weighted by Crippen LogP contribution is -2.42. The van der Waals surface area contributed by atoms with Gasteiger partial charge in [-0.25, -0.2) is 0 Å². The van der Waals surface area contributed by atoms with Crippen molar-refractivity contribution in [3.05, 3.63) is 7.05 Å². The molecule has 0 spiro atoms. The molecule has 0 aromatic carbocycles. The number of quaternary nitrogens is 1. The number of rotatable bonds is 3. The summed E-state index contributed by atoms with van der Waals surface area (Å²) in [7, 11) is 7.83. The lowest BCUT2D eigenvalue weighted by Gasteiger charge is -2.22. The summed E-state index contributed by atoms with van der Waals surface area (Å²) < 4.78 is 0.639. The van der Waals surface area contributed by atoms with Gasteiger partial charge >= 0.3 is 0 Å². The van der Waals surface area contributed by atoms with Crippen LogP contribution in [0.2, 0.25) is 0 Å². The summed E-state index contributed by atoms with van der Waals surface area (Å²) in [6, 6.07) is 0. The number of hydrogen-bond donors (Lipinski definition) is 3. The molecule has 0 unspecified atom stereocenters. The van der Waals surface area contributed by atoms with Gasteiger partial charge in [0, 0.05) is 0 Å². The van der Waals surface area contributed by atoms with Gasteiger partial charge in [-0.05, 0) is 0 Å². The Morgan fingerprint density at radius 1 is 1.70 bits per heavy atom. The van der Waals surface area contributed by atoms with Gasteiger partial charge in [0.2, 0.25) is 0 Å². The van der Waals surface area contributed by atoms with Crippen LogP contribution in [-0.4, -0.2) is 37.6 Å². The summed E-state index contributed by atoms with van der Waals surface area (Å²) in [5.74, 6) is 0.0217. The Hall–Kier alpha value is -0.770. The fraction of sp³-hybridized carbons (Fsp3) is 0.667. The lowest BCUT2D eigenvalue weighted by molar-refractivity contribution is -0.844. The van der Waals surface area contributed by atoms with Crippen LogP contribution in [0.5, 0.6) is 0 Å². The van der Waals surface area contributed by atoms with Gasteiger partial charge in [-0.15, -0.1) is 0 Å². The van der Waals surface area contributed by atoms with Crippen molar-refractivity contribution in [1.29, 1.82) is 5.41 Å². The third kappa shape index (κ3) is 7.23. The molecule has 4 N–H and O–H groups in total. The van der Waals surface area contributed by atoms with E-state index in [1.54, 1.807) is 0 Å². The highest BCUT2D eigenvalue weighted by molar-refractivity contribution is 5.74. The zero-order valence-corrected chi connectivity index (χ0v) is 6.65. The van der Waals surface area contributed by atoms with Crippen molar-refractivity contribution in [1.82, 2.24) is 5.32 Å². The van der Waals surface area contributed by atoms with Gasteiger partial charge in [-0.3, -0.25) is 5.41 Å². The molecule has 0 aromatic rings. The summed E-state index contributed by atoms with van der Waals surface area (Å²) in [5.41, 5.74) is 5.07. The second-order valence-electron chi connectivity index (χ2n) is 3.00. The first-order valence-electron chi connectivity index (χ1n) is 3.17. The molecule has 4 heteroatoms. The topological polar surface area (TPSA) is 61.9 Å². The molecule has 1 radical (unpaired) electrons. The van der Waals surface area contributed by atoms with Crippen LogP contribution in [-0.2, 0) is 0 Å². The summed E-state index contributed by atoms with van der Waals surface area (Å²) >= 11 is 0. The van der Waals surface area contributed by atoms with Gasteiger partial charge in [0.25, 0.3) is 0 Å². The summed E-state index contributed by atoms with van der Waals surface area (Å²) in [5, 5.41) is 9.55. The van der Waals surface area contributed by atoms with Crippen molar-refractivity contribution in [3.63, 3.8) is 0 Å². The SMILES string of the molecule is [CH2][N+](C)(C)CCNC(=N)N. The molecule has 0 heterocycles. The van der Waals surface area contributed by atoms with Crippen molar-refractivity contribution in [3.8, 4) is 0 Å². The van der Waals surface area contributed by atoms with E-state index < -0.39 is 0 Å². The zero-order valence-electron chi connectivity index (χ0n) is 6.65. The molecule has 0 aliphatic rings. The smallest absolute Gasteiger partial charge is 0.185 e. The first-order valence-corrected chi connectivity index (χ1v) is 3.17. The zero-order chi connectivity index (χ0) is 8.20. The van der Waals surface area contributed by atoms with E-state index in [9.17, 15) is 0 Å². The standard InChI is InChI=1S/C6H16N4/c1-10(2,3)5-4-9-6(7)8/h1,4-5H2,2-3H3,(H4,7,8,9)/q+1. The van der Waals surface area contributed by atoms with Crippen LogP contribution in [0, 0.1) is 12.5 Å². The fourth-order valence-electron chi connectivity index (χ4n) is 0.493. The maximum atomic E-state index is 6.84. The second-order valence-corrected chi connectivity index (χ2v) is 3.00. The van der Waals surface area contributed by atoms with E-state index in [4.69, 9.17) is 11.1 Å². The van der Waals surface area contributed by atoms with E-state index in [0.29, 0.717) is 11.0 Å². The maximum absolute atomic E-state index is 6.84. The number of nitrogens with two attached hydrogens (primary N) is 1. The predicted molar refractivity (Wildman–Crippen MR) is 42.2 cm³/mol. The Morgan fingerprint density at radius 2 is 2.20 bits per heavy atom. The van der Waals surface area contributed by atoms with Crippen LogP contribution in [0.15, 0.2) is 0 Å². The number of hydrogen-bond acceptors (Lipinski definition) is 1. The second kappa shape index (κ2) is 3.41. The van der Waals surface area contributed by atoms with E-state index in [-0.39, 0.29) is 5.96 Å². The lowest BCUT2D eigenvalue weighted by atomic mass is 10.5. The Kier molecular flexibility index (Phi) is 3.15. The van der Waals surface area contributed by atoms with Gasteiger partial charge < -0.3 is 15.5 Å². The fourth-order valence-corrected chi connectivity index (χ4v) is 0.493. The molecule has 0 atom stereocenters. The molecular formula is C6H16N4+. The Balaban J connectivity index is 3.29. The van der Waals surface area contributed by atoms with Crippen LogP contribution in [0.25, 0.3) is 0 Å². The van der Waals surface area contributed by atoms with E-state index in [1.807, 2.05) is 14.1 Å². The monoisotopic (exact) mass is 144 g/mol. The molecule has 0 aromatic heterocycles. The number of nitrogens with zero attached hydrogens (tertiary/aromatic N) is 1. The first-order chi connectivity index (χ1) is 4.42.